The monoisotopic (exact) mass is 308 g/mol. The summed E-state index contributed by atoms with van der Waals surface area (Å²) in [6, 6.07) is 0. The number of hydrogen-bond donors (Lipinski definition) is 2. The molecule has 21 heavy (non-hydrogen) atoms. The largest absolute Gasteiger partial charge is 0.306 e. The van der Waals surface area contributed by atoms with Gasteiger partial charge in [0.15, 0.2) is 5.13 Å². The highest BCUT2D eigenvalue weighted by Crippen LogP contribution is 2.14. The highest BCUT2D eigenvalue weighted by Gasteiger charge is 2.11. The molecule has 0 saturated heterocycles. The molecular formula is C13H20N6OS. The second-order valence-corrected chi connectivity index (χ2v) is 6.71. The summed E-state index contributed by atoms with van der Waals surface area (Å²) in [6.07, 6.45) is 1.77. The Bertz CT molecular complexity index is 612. The van der Waals surface area contributed by atoms with E-state index in [1.807, 2.05) is 12.3 Å². The molecule has 0 atom stereocenters. The van der Waals surface area contributed by atoms with Crippen molar-refractivity contribution >= 4 is 22.4 Å². The molecule has 2 aromatic heterocycles. The van der Waals surface area contributed by atoms with E-state index in [0.29, 0.717) is 11.7 Å². The van der Waals surface area contributed by atoms with Crippen LogP contribution in [0.2, 0.25) is 0 Å². The van der Waals surface area contributed by atoms with E-state index in [1.165, 1.54) is 16.0 Å². The Morgan fingerprint density at radius 3 is 2.81 bits per heavy atom. The quantitative estimate of drug-likeness (QED) is 0.876. The van der Waals surface area contributed by atoms with Crippen molar-refractivity contribution in [2.24, 2.45) is 0 Å². The summed E-state index contributed by atoms with van der Waals surface area (Å²) >= 11 is 1.41. The van der Waals surface area contributed by atoms with E-state index >= 15 is 0 Å². The van der Waals surface area contributed by atoms with Crippen LogP contribution >= 0.6 is 11.3 Å². The summed E-state index contributed by atoms with van der Waals surface area (Å²) in [5, 5.41) is 16.6. The lowest BCUT2D eigenvalue weighted by Gasteiger charge is -2.19. The van der Waals surface area contributed by atoms with Gasteiger partial charge in [-0.1, -0.05) is 5.21 Å². The van der Waals surface area contributed by atoms with Gasteiger partial charge >= 0.3 is 0 Å². The van der Waals surface area contributed by atoms with Gasteiger partial charge in [0.05, 0.1) is 17.6 Å². The number of aromatic nitrogens is 4. The number of nitrogens with zero attached hydrogens (tertiary/aromatic N) is 4. The van der Waals surface area contributed by atoms with Crippen LogP contribution in [-0.2, 0) is 17.9 Å². The van der Waals surface area contributed by atoms with Gasteiger partial charge in [0.1, 0.15) is 6.54 Å². The fourth-order valence-corrected chi connectivity index (χ4v) is 2.27. The van der Waals surface area contributed by atoms with Gasteiger partial charge in [-0.15, -0.1) is 16.4 Å². The maximum absolute atomic E-state index is 11.9. The minimum absolute atomic E-state index is 0.0177. The number of nitrogens with one attached hydrogen (secondary N) is 2. The van der Waals surface area contributed by atoms with Crippen molar-refractivity contribution < 1.29 is 4.79 Å². The molecule has 8 heteroatoms. The van der Waals surface area contributed by atoms with Crippen LogP contribution in [0.1, 0.15) is 32.2 Å². The molecule has 2 aromatic rings. The normalized spacial score (nSPS) is 11.6. The summed E-state index contributed by atoms with van der Waals surface area (Å²) in [4.78, 5) is 16.1. The molecule has 114 valence electrons. The lowest BCUT2D eigenvalue weighted by molar-refractivity contribution is -0.116. The molecule has 0 radical (unpaired) electrons. The Balaban J connectivity index is 1.85. The molecule has 0 fully saturated rings. The molecule has 0 aromatic carbocycles. The van der Waals surface area contributed by atoms with Crippen molar-refractivity contribution in [1.82, 2.24) is 25.3 Å². The van der Waals surface area contributed by atoms with Gasteiger partial charge in [0.2, 0.25) is 5.91 Å². The van der Waals surface area contributed by atoms with Gasteiger partial charge in [0, 0.05) is 17.5 Å². The molecule has 0 aliphatic heterocycles. The van der Waals surface area contributed by atoms with Crippen LogP contribution in [0.3, 0.4) is 0 Å². The smallest absolute Gasteiger partial charge is 0.247 e. The first-order chi connectivity index (χ1) is 9.82. The fraction of sp³-hybridized carbons (Fsp3) is 0.538. The Morgan fingerprint density at radius 1 is 1.43 bits per heavy atom. The third-order valence-corrected chi connectivity index (χ3v) is 3.43. The highest BCUT2D eigenvalue weighted by atomic mass is 32.1. The molecule has 2 rings (SSSR count). The van der Waals surface area contributed by atoms with Crippen molar-refractivity contribution in [3.05, 3.63) is 23.0 Å². The first-order valence-corrected chi connectivity index (χ1v) is 7.56. The fourth-order valence-electron chi connectivity index (χ4n) is 1.57. The molecular weight excluding hydrogens is 288 g/mol. The van der Waals surface area contributed by atoms with Crippen molar-refractivity contribution in [2.45, 2.75) is 46.3 Å². The predicted octanol–water partition coefficient (Wildman–Crippen LogP) is 1.57. The molecule has 0 aliphatic rings. The molecule has 0 bridgehead atoms. The van der Waals surface area contributed by atoms with Crippen LogP contribution < -0.4 is 10.6 Å². The van der Waals surface area contributed by atoms with E-state index in [2.05, 4.69) is 46.7 Å². The predicted molar refractivity (Wildman–Crippen MR) is 82.1 cm³/mol. The topological polar surface area (TPSA) is 84.7 Å². The molecule has 2 N–H and O–H groups in total. The van der Waals surface area contributed by atoms with E-state index in [-0.39, 0.29) is 18.0 Å². The maximum atomic E-state index is 11.9. The number of rotatable bonds is 5. The minimum atomic E-state index is -0.162. The summed E-state index contributed by atoms with van der Waals surface area (Å²) in [5.74, 6) is -0.162. The van der Waals surface area contributed by atoms with Crippen LogP contribution in [0, 0.1) is 6.92 Å². The van der Waals surface area contributed by atoms with E-state index in [1.54, 1.807) is 6.20 Å². The Kier molecular flexibility index (Phi) is 4.69. The Morgan fingerprint density at radius 2 is 2.19 bits per heavy atom. The zero-order chi connectivity index (χ0) is 15.5. The number of aryl methyl sites for hydroxylation is 1. The summed E-state index contributed by atoms with van der Waals surface area (Å²) in [6.45, 7) is 8.89. The van der Waals surface area contributed by atoms with E-state index < -0.39 is 0 Å². The lowest BCUT2D eigenvalue weighted by atomic mass is 10.1. The first kappa shape index (κ1) is 15.6. The van der Waals surface area contributed by atoms with Crippen molar-refractivity contribution in [3.8, 4) is 0 Å². The molecule has 0 unspecified atom stereocenters. The van der Waals surface area contributed by atoms with Gasteiger partial charge in [-0.25, -0.2) is 9.67 Å². The molecule has 7 nitrogen and oxygen atoms in total. The van der Waals surface area contributed by atoms with Crippen LogP contribution in [0.4, 0.5) is 5.13 Å². The second-order valence-electron chi connectivity index (χ2n) is 5.85. The summed E-state index contributed by atoms with van der Waals surface area (Å²) in [7, 11) is 0. The first-order valence-electron chi connectivity index (χ1n) is 6.68. The van der Waals surface area contributed by atoms with Crippen molar-refractivity contribution in [3.63, 3.8) is 0 Å². The minimum Gasteiger partial charge on any atom is -0.306 e. The van der Waals surface area contributed by atoms with E-state index in [9.17, 15) is 4.79 Å². The Labute approximate surface area is 127 Å². The van der Waals surface area contributed by atoms with Gasteiger partial charge in [0.25, 0.3) is 0 Å². The average molecular weight is 308 g/mol. The van der Waals surface area contributed by atoms with Crippen LogP contribution in [0.25, 0.3) is 0 Å². The zero-order valence-electron chi connectivity index (χ0n) is 12.7. The van der Waals surface area contributed by atoms with Gasteiger partial charge in [-0.05, 0) is 27.7 Å². The Hall–Kier alpha value is -1.80. The van der Waals surface area contributed by atoms with Gasteiger partial charge in [-0.3, -0.25) is 4.79 Å². The van der Waals surface area contributed by atoms with Crippen LogP contribution in [0.15, 0.2) is 11.6 Å². The maximum Gasteiger partial charge on any atom is 0.247 e. The summed E-state index contributed by atoms with van der Waals surface area (Å²) in [5.41, 5.74) is 1.72. The second kappa shape index (κ2) is 6.31. The number of carbonyl (C=O) groups is 1. The van der Waals surface area contributed by atoms with Crippen molar-refractivity contribution in [1.29, 1.82) is 0 Å². The van der Waals surface area contributed by atoms with Crippen molar-refractivity contribution in [2.75, 3.05) is 5.32 Å². The number of amides is 1. The molecule has 0 saturated carbocycles. The third-order valence-electron chi connectivity index (χ3n) is 2.56. The summed E-state index contributed by atoms with van der Waals surface area (Å²) < 4.78 is 1.52. The van der Waals surface area contributed by atoms with Crippen LogP contribution in [0.5, 0.6) is 0 Å². The standard InChI is InChI=1S/C13H20N6OS/c1-9-8-21-12(15-9)16-11(20)7-19-6-10(17-18-19)5-14-13(2,3)4/h6,8,14H,5,7H2,1-4H3,(H,15,16,20). The number of thiazole rings is 1. The lowest BCUT2D eigenvalue weighted by Crippen LogP contribution is -2.35. The number of hydrogen-bond acceptors (Lipinski definition) is 6. The van der Waals surface area contributed by atoms with Gasteiger partial charge in [-0.2, -0.15) is 0 Å². The molecule has 1 amide bonds. The van der Waals surface area contributed by atoms with Gasteiger partial charge < -0.3 is 10.6 Å². The number of carbonyl (C=O) groups excluding carboxylic acids is 1. The zero-order valence-corrected chi connectivity index (χ0v) is 13.5. The third kappa shape index (κ3) is 5.24. The molecule has 0 aliphatic carbocycles. The number of anilines is 1. The van der Waals surface area contributed by atoms with E-state index in [0.717, 1.165) is 11.4 Å². The van der Waals surface area contributed by atoms with Crippen LogP contribution in [-0.4, -0.2) is 31.4 Å². The van der Waals surface area contributed by atoms with E-state index in [4.69, 9.17) is 0 Å². The highest BCUT2D eigenvalue weighted by molar-refractivity contribution is 7.13. The molecule has 0 spiro atoms. The SMILES string of the molecule is Cc1csc(NC(=O)Cn2cc(CNC(C)(C)C)nn2)n1. The average Bonchev–Trinajstić information content (AvgIpc) is 2.95. The molecule has 2 heterocycles.